The fraction of sp³-hybridized carbons (Fsp3) is 0.100. The number of aromatic nitrogens is 1. The van der Waals surface area contributed by atoms with Gasteiger partial charge in [0.2, 0.25) is 5.91 Å². The summed E-state index contributed by atoms with van der Waals surface area (Å²) in [5, 5.41) is 4.07. The fourth-order valence-electron chi connectivity index (χ4n) is 2.43. The number of amides is 1. The molecule has 0 aliphatic carbocycles. The van der Waals surface area contributed by atoms with Crippen molar-refractivity contribution in [1.82, 2.24) is 9.99 Å². The predicted molar refractivity (Wildman–Crippen MR) is 96.4 cm³/mol. The first-order valence-electron chi connectivity index (χ1n) is 7.82. The van der Waals surface area contributed by atoms with E-state index in [1.807, 2.05) is 53.2 Å². The van der Waals surface area contributed by atoms with Gasteiger partial charge in [0.1, 0.15) is 0 Å². The van der Waals surface area contributed by atoms with E-state index in [0.717, 1.165) is 16.9 Å². The number of hydrogen-bond donors (Lipinski definition) is 1. The number of benzene rings is 2. The SMILES string of the molecule is Cc1ccc(-n2cccc2/C=N/NC(=O)Cc2ccccc2)cc1. The van der Waals surface area contributed by atoms with E-state index in [0.29, 0.717) is 6.42 Å². The third kappa shape index (κ3) is 3.98. The van der Waals surface area contributed by atoms with Crippen LogP contribution in [0.4, 0.5) is 0 Å². The highest BCUT2D eigenvalue weighted by atomic mass is 16.2. The molecule has 0 bridgehead atoms. The van der Waals surface area contributed by atoms with Gasteiger partial charge in [0.15, 0.2) is 0 Å². The minimum Gasteiger partial charge on any atom is -0.316 e. The summed E-state index contributed by atoms with van der Waals surface area (Å²) in [4.78, 5) is 11.9. The molecule has 1 heterocycles. The second kappa shape index (κ2) is 7.42. The first-order valence-corrected chi connectivity index (χ1v) is 7.82. The predicted octanol–water partition coefficient (Wildman–Crippen LogP) is 3.48. The maximum Gasteiger partial charge on any atom is 0.244 e. The Morgan fingerprint density at radius 1 is 1.04 bits per heavy atom. The van der Waals surface area contributed by atoms with E-state index in [1.54, 1.807) is 6.21 Å². The van der Waals surface area contributed by atoms with Crippen LogP contribution in [-0.4, -0.2) is 16.7 Å². The molecule has 4 nitrogen and oxygen atoms in total. The lowest BCUT2D eigenvalue weighted by Gasteiger charge is -2.06. The molecule has 120 valence electrons. The molecule has 0 aliphatic rings. The van der Waals surface area contributed by atoms with E-state index in [4.69, 9.17) is 0 Å². The van der Waals surface area contributed by atoms with Gasteiger partial charge in [-0.05, 0) is 36.8 Å². The standard InChI is InChI=1S/C20H19N3O/c1-16-9-11-18(12-10-16)23-13-5-8-19(23)15-21-22-20(24)14-17-6-3-2-4-7-17/h2-13,15H,14H2,1H3,(H,22,24)/b21-15+. The van der Waals surface area contributed by atoms with Gasteiger partial charge in [0.05, 0.1) is 18.3 Å². The molecular weight excluding hydrogens is 298 g/mol. The van der Waals surface area contributed by atoms with Crippen LogP contribution in [0.5, 0.6) is 0 Å². The number of carbonyl (C=O) groups is 1. The van der Waals surface area contributed by atoms with Crippen LogP contribution >= 0.6 is 0 Å². The zero-order valence-electron chi connectivity index (χ0n) is 13.5. The van der Waals surface area contributed by atoms with E-state index in [1.165, 1.54) is 5.56 Å². The summed E-state index contributed by atoms with van der Waals surface area (Å²) < 4.78 is 2.02. The Balaban J connectivity index is 1.64. The van der Waals surface area contributed by atoms with Crippen LogP contribution in [0.2, 0.25) is 0 Å². The molecule has 3 aromatic rings. The number of rotatable bonds is 5. The lowest BCUT2D eigenvalue weighted by atomic mass is 10.1. The second-order valence-electron chi connectivity index (χ2n) is 5.59. The summed E-state index contributed by atoms with van der Waals surface area (Å²) in [5.74, 6) is -0.133. The Hall–Kier alpha value is -3.14. The van der Waals surface area contributed by atoms with Crippen molar-refractivity contribution in [3.05, 3.63) is 89.7 Å². The molecule has 24 heavy (non-hydrogen) atoms. The summed E-state index contributed by atoms with van der Waals surface area (Å²) >= 11 is 0. The van der Waals surface area contributed by atoms with E-state index in [9.17, 15) is 4.79 Å². The average molecular weight is 317 g/mol. The quantitative estimate of drug-likeness (QED) is 0.568. The van der Waals surface area contributed by atoms with Crippen LogP contribution in [0.25, 0.3) is 5.69 Å². The lowest BCUT2D eigenvalue weighted by molar-refractivity contribution is -0.120. The summed E-state index contributed by atoms with van der Waals surface area (Å²) in [7, 11) is 0. The van der Waals surface area contributed by atoms with Crippen LogP contribution in [-0.2, 0) is 11.2 Å². The molecule has 0 radical (unpaired) electrons. The zero-order valence-corrected chi connectivity index (χ0v) is 13.5. The molecule has 0 aliphatic heterocycles. The van der Waals surface area contributed by atoms with Crippen LogP contribution < -0.4 is 5.43 Å². The largest absolute Gasteiger partial charge is 0.316 e. The Bertz CT molecular complexity index is 833. The molecule has 0 spiro atoms. The van der Waals surface area contributed by atoms with Crippen molar-refractivity contribution in [2.75, 3.05) is 0 Å². The van der Waals surface area contributed by atoms with Crippen molar-refractivity contribution in [3.63, 3.8) is 0 Å². The normalized spacial score (nSPS) is 10.9. The van der Waals surface area contributed by atoms with Gasteiger partial charge in [0.25, 0.3) is 0 Å². The number of aryl methyl sites for hydroxylation is 1. The summed E-state index contributed by atoms with van der Waals surface area (Å²) in [6.45, 7) is 2.06. The first kappa shape index (κ1) is 15.7. The van der Waals surface area contributed by atoms with Crippen LogP contribution in [0.3, 0.4) is 0 Å². The van der Waals surface area contributed by atoms with E-state index in [2.05, 4.69) is 41.7 Å². The van der Waals surface area contributed by atoms with Gasteiger partial charge in [-0.15, -0.1) is 0 Å². The van der Waals surface area contributed by atoms with Crippen molar-refractivity contribution in [2.45, 2.75) is 13.3 Å². The molecule has 4 heteroatoms. The van der Waals surface area contributed by atoms with Crippen molar-refractivity contribution >= 4 is 12.1 Å². The summed E-state index contributed by atoms with van der Waals surface area (Å²) in [6, 6.07) is 21.8. The van der Waals surface area contributed by atoms with E-state index >= 15 is 0 Å². The van der Waals surface area contributed by atoms with Gasteiger partial charge in [-0.25, -0.2) is 5.43 Å². The molecule has 2 aromatic carbocycles. The number of hydrogen-bond acceptors (Lipinski definition) is 2. The Morgan fingerprint density at radius 2 is 1.79 bits per heavy atom. The van der Waals surface area contributed by atoms with Gasteiger partial charge in [0, 0.05) is 11.9 Å². The molecular formula is C20H19N3O. The van der Waals surface area contributed by atoms with Crippen LogP contribution in [0.1, 0.15) is 16.8 Å². The van der Waals surface area contributed by atoms with Crippen molar-refractivity contribution < 1.29 is 4.79 Å². The highest BCUT2D eigenvalue weighted by Gasteiger charge is 2.03. The van der Waals surface area contributed by atoms with E-state index < -0.39 is 0 Å². The number of nitrogens with one attached hydrogen (secondary N) is 1. The minimum absolute atomic E-state index is 0.133. The average Bonchev–Trinajstić information content (AvgIpc) is 3.05. The van der Waals surface area contributed by atoms with Crippen LogP contribution in [0, 0.1) is 6.92 Å². The Kier molecular flexibility index (Phi) is 4.87. The molecule has 1 N–H and O–H groups in total. The molecule has 1 amide bonds. The summed E-state index contributed by atoms with van der Waals surface area (Å²) in [5.41, 5.74) is 6.72. The van der Waals surface area contributed by atoms with Crippen LogP contribution in [0.15, 0.2) is 78.0 Å². The van der Waals surface area contributed by atoms with Gasteiger partial charge in [-0.2, -0.15) is 5.10 Å². The highest BCUT2D eigenvalue weighted by Crippen LogP contribution is 2.12. The van der Waals surface area contributed by atoms with Crippen molar-refractivity contribution in [3.8, 4) is 5.69 Å². The molecule has 1 aromatic heterocycles. The molecule has 0 saturated carbocycles. The third-order valence-corrected chi connectivity index (χ3v) is 3.69. The summed E-state index contributed by atoms with van der Waals surface area (Å²) in [6.07, 6.45) is 3.94. The topological polar surface area (TPSA) is 46.4 Å². The number of nitrogens with zero attached hydrogens (tertiary/aromatic N) is 2. The molecule has 0 fully saturated rings. The van der Waals surface area contributed by atoms with Crippen molar-refractivity contribution in [1.29, 1.82) is 0 Å². The smallest absolute Gasteiger partial charge is 0.244 e. The van der Waals surface area contributed by atoms with E-state index in [-0.39, 0.29) is 5.91 Å². The van der Waals surface area contributed by atoms with Crippen molar-refractivity contribution in [2.24, 2.45) is 5.10 Å². The maximum absolute atomic E-state index is 11.9. The number of hydrazone groups is 1. The van der Waals surface area contributed by atoms with Gasteiger partial charge in [-0.3, -0.25) is 4.79 Å². The second-order valence-corrected chi connectivity index (χ2v) is 5.59. The Labute approximate surface area is 141 Å². The monoisotopic (exact) mass is 317 g/mol. The van der Waals surface area contributed by atoms with Gasteiger partial charge < -0.3 is 4.57 Å². The molecule has 0 atom stereocenters. The van der Waals surface area contributed by atoms with Gasteiger partial charge >= 0.3 is 0 Å². The third-order valence-electron chi connectivity index (χ3n) is 3.69. The zero-order chi connectivity index (χ0) is 16.8. The Morgan fingerprint density at radius 3 is 2.54 bits per heavy atom. The molecule has 3 rings (SSSR count). The van der Waals surface area contributed by atoms with Gasteiger partial charge in [-0.1, -0.05) is 48.0 Å². The maximum atomic E-state index is 11.9. The fourth-order valence-corrected chi connectivity index (χ4v) is 2.43. The number of carbonyl (C=O) groups excluding carboxylic acids is 1. The highest BCUT2D eigenvalue weighted by molar-refractivity contribution is 5.82. The lowest BCUT2D eigenvalue weighted by Crippen LogP contribution is -2.19. The first-order chi connectivity index (χ1) is 11.7. The molecule has 0 unspecified atom stereocenters. The minimum atomic E-state index is -0.133. The molecule has 0 saturated heterocycles.